The van der Waals surface area contributed by atoms with Gasteiger partial charge in [-0.25, -0.2) is 4.68 Å². The Balaban J connectivity index is 1.69. The van der Waals surface area contributed by atoms with Gasteiger partial charge in [0.05, 0.1) is 11.4 Å². The Kier molecular flexibility index (Phi) is 4.41. The van der Waals surface area contributed by atoms with E-state index < -0.39 is 6.04 Å². The first kappa shape index (κ1) is 15.3. The molecule has 120 valence electrons. The zero-order chi connectivity index (χ0) is 16.2. The van der Waals surface area contributed by atoms with Crippen molar-refractivity contribution in [2.75, 3.05) is 6.54 Å². The lowest BCUT2D eigenvalue weighted by Gasteiger charge is -2.15. The van der Waals surface area contributed by atoms with Gasteiger partial charge in [-0.2, -0.15) is 5.10 Å². The van der Waals surface area contributed by atoms with Crippen molar-refractivity contribution in [2.24, 2.45) is 0 Å². The summed E-state index contributed by atoms with van der Waals surface area (Å²) in [5.74, 6) is -0.324. The molecule has 23 heavy (non-hydrogen) atoms. The Morgan fingerprint density at radius 1 is 1.26 bits per heavy atom. The molecule has 1 saturated heterocycles. The van der Waals surface area contributed by atoms with E-state index in [9.17, 15) is 9.59 Å². The fourth-order valence-corrected chi connectivity index (χ4v) is 2.64. The van der Waals surface area contributed by atoms with Crippen molar-refractivity contribution < 1.29 is 9.59 Å². The average molecular weight is 312 g/mol. The molecule has 2 N–H and O–H groups in total. The summed E-state index contributed by atoms with van der Waals surface area (Å²) in [7, 11) is 0. The molecule has 1 aliphatic heterocycles. The van der Waals surface area contributed by atoms with Crippen LogP contribution in [0, 0.1) is 6.92 Å². The van der Waals surface area contributed by atoms with E-state index in [-0.39, 0.29) is 11.8 Å². The van der Waals surface area contributed by atoms with Gasteiger partial charge in [-0.15, -0.1) is 0 Å². The van der Waals surface area contributed by atoms with Gasteiger partial charge < -0.3 is 10.6 Å². The van der Waals surface area contributed by atoms with Crippen LogP contribution in [0.3, 0.4) is 0 Å². The van der Waals surface area contributed by atoms with Gasteiger partial charge in [0.15, 0.2) is 0 Å². The zero-order valence-corrected chi connectivity index (χ0v) is 13.1. The van der Waals surface area contributed by atoms with Crippen molar-refractivity contribution >= 4 is 11.8 Å². The molecule has 3 rings (SSSR count). The van der Waals surface area contributed by atoms with Gasteiger partial charge in [-0.3, -0.25) is 9.59 Å². The number of rotatable bonds is 3. The van der Waals surface area contributed by atoms with Gasteiger partial charge in [0.25, 0.3) is 5.91 Å². The van der Waals surface area contributed by atoms with Crippen molar-refractivity contribution in [1.82, 2.24) is 20.4 Å². The van der Waals surface area contributed by atoms with Gasteiger partial charge in [0, 0.05) is 18.3 Å². The third kappa shape index (κ3) is 3.59. The second-order valence-electron chi connectivity index (χ2n) is 5.76. The molecule has 0 radical (unpaired) electrons. The third-order valence-corrected chi connectivity index (χ3v) is 3.96. The van der Waals surface area contributed by atoms with Gasteiger partial charge in [-0.05, 0) is 56.5 Å². The smallest absolute Gasteiger partial charge is 0.251 e. The lowest BCUT2D eigenvalue weighted by atomic mass is 10.1. The quantitative estimate of drug-likeness (QED) is 0.903. The Morgan fingerprint density at radius 3 is 2.74 bits per heavy atom. The molecule has 0 aliphatic carbocycles. The average Bonchev–Trinajstić information content (AvgIpc) is 2.89. The second-order valence-corrected chi connectivity index (χ2v) is 5.76. The standard InChI is InChI=1S/C17H20N4O2/c1-12-9-11-21(20-12)14-7-5-13(6-8-14)16(22)19-15-4-2-3-10-18-17(15)23/h5-9,11,15H,2-4,10H2,1H3,(H,18,23)(H,19,22). The molecule has 1 aromatic heterocycles. The number of benzene rings is 1. The van der Waals surface area contributed by atoms with Crippen molar-refractivity contribution in [3.05, 3.63) is 47.8 Å². The van der Waals surface area contributed by atoms with E-state index >= 15 is 0 Å². The molecule has 0 saturated carbocycles. The fraction of sp³-hybridized carbons (Fsp3) is 0.353. The minimum Gasteiger partial charge on any atom is -0.354 e. The Labute approximate surface area is 134 Å². The van der Waals surface area contributed by atoms with Crippen LogP contribution in [-0.4, -0.2) is 34.2 Å². The predicted octanol–water partition coefficient (Wildman–Crippen LogP) is 1.58. The summed E-state index contributed by atoms with van der Waals surface area (Å²) in [4.78, 5) is 24.2. The Bertz CT molecular complexity index is 706. The SMILES string of the molecule is Cc1ccn(-c2ccc(C(=O)NC3CCCCNC3=O)cc2)n1. The monoisotopic (exact) mass is 312 g/mol. The number of hydrogen-bond donors (Lipinski definition) is 2. The number of aryl methyl sites for hydroxylation is 1. The van der Waals surface area contributed by atoms with Crippen LogP contribution in [-0.2, 0) is 4.79 Å². The molecule has 0 bridgehead atoms. The summed E-state index contributed by atoms with van der Waals surface area (Å²) < 4.78 is 1.76. The molecular formula is C17H20N4O2. The van der Waals surface area contributed by atoms with E-state index in [4.69, 9.17) is 0 Å². The van der Waals surface area contributed by atoms with Crippen LogP contribution in [0.1, 0.15) is 35.3 Å². The molecule has 0 spiro atoms. The molecule has 1 aliphatic rings. The summed E-state index contributed by atoms with van der Waals surface area (Å²) in [6, 6.07) is 8.65. The summed E-state index contributed by atoms with van der Waals surface area (Å²) >= 11 is 0. The van der Waals surface area contributed by atoms with Crippen molar-refractivity contribution in [3.8, 4) is 5.69 Å². The molecule has 1 unspecified atom stereocenters. The van der Waals surface area contributed by atoms with Crippen LogP contribution >= 0.6 is 0 Å². The first-order chi connectivity index (χ1) is 11.1. The van der Waals surface area contributed by atoms with E-state index in [2.05, 4.69) is 15.7 Å². The van der Waals surface area contributed by atoms with Gasteiger partial charge in [0.2, 0.25) is 5.91 Å². The van der Waals surface area contributed by atoms with Crippen molar-refractivity contribution in [1.29, 1.82) is 0 Å². The van der Waals surface area contributed by atoms with E-state index in [1.807, 2.05) is 31.3 Å². The molecule has 2 heterocycles. The second kappa shape index (κ2) is 6.64. The number of amides is 2. The number of carbonyl (C=O) groups is 2. The maximum Gasteiger partial charge on any atom is 0.251 e. The van der Waals surface area contributed by atoms with Crippen LogP contribution in [0.25, 0.3) is 5.69 Å². The summed E-state index contributed by atoms with van der Waals surface area (Å²) in [5, 5.41) is 9.97. The predicted molar refractivity (Wildman–Crippen MR) is 86.4 cm³/mol. The molecule has 1 atom stereocenters. The minimum atomic E-state index is -0.446. The molecule has 6 nitrogen and oxygen atoms in total. The molecule has 1 aromatic carbocycles. The first-order valence-corrected chi connectivity index (χ1v) is 7.85. The summed E-state index contributed by atoms with van der Waals surface area (Å²) in [5.41, 5.74) is 2.36. The van der Waals surface area contributed by atoms with Crippen LogP contribution in [0.15, 0.2) is 36.5 Å². The highest BCUT2D eigenvalue weighted by atomic mass is 16.2. The van der Waals surface area contributed by atoms with Crippen molar-refractivity contribution in [3.63, 3.8) is 0 Å². The van der Waals surface area contributed by atoms with Gasteiger partial charge >= 0.3 is 0 Å². The van der Waals surface area contributed by atoms with Crippen LogP contribution in [0.2, 0.25) is 0 Å². The van der Waals surface area contributed by atoms with Crippen LogP contribution in [0.4, 0.5) is 0 Å². The van der Waals surface area contributed by atoms with Gasteiger partial charge in [0.1, 0.15) is 6.04 Å². The minimum absolute atomic E-state index is 0.0977. The maximum atomic E-state index is 12.3. The summed E-state index contributed by atoms with van der Waals surface area (Å²) in [6.07, 6.45) is 4.44. The normalized spacial score (nSPS) is 18.1. The molecular weight excluding hydrogens is 292 g/mol. The number of hydrogen-bond acceptors (Lipinski definition) is 3. The topological polar surface area (TPSA) is 76.0 Å². The lowest BCUT2D eigenvalue weighted by Crippen LogP contribution is -2.45. The highest BCUT2D eigenvalue weighted by Crippen LogP contribution is 2.11. The molecule has 2 amide bonds. The molecule has 6 heteroatoms. The fourth-order valence-electron chi connectivity index (χ4n) is 2.64. The van der Waals surface area contributed by atoms with E-state index in [0.717, 1.165) is 24.2 Å². The van der Waals surface area contributed by atoms with E-state index in [1.165, 1.54) is 0 Å². The Morgan fingerprint density at radius 2 is 2.04 bits per heavy atom. The van der Waals surface area contributed by atoms with E-state index in [0.29, 0.717) is 18.5 Å². The Hall–Kier alpha value is -2.63. The number of nitrogens with one attached hydrogen (secondary N) is 2. The first-order valence-electron chi connectivity index (χ1n) is 7.85. The zero-order valence-electron chi connectivity index (χ0n) is 13.1. The number of aromatic nitrogens is 2. The highest BCUT2D eigenvalue weighted by Gasteiger charge is 2.22. The van der Waals surface area contributed by atoms with Gasteiger partial charge in [-0.1, -0.05) is 0 Å². The van der Waals surface area contributed by atoms with Crippen LogP contribution in [0.5, 0.6) is 0 Å². The van der Waals surface area contributed by atoms with Crippen LogP contribution < -0.4 is 10.6 Å². The molecule has 1 fully saturated rings. The molecule has 2 aromatic rings. The van der Waals surface area contributed by atoms with E-state index in [1.54, 1.807) is 16.8 Å². The van der Waals surface area contributed by atoms with Crippen molar-refractivity contribution in [2.45, 2.75) is 32.2 Å². The third-order valence-electron chi connectivity index (χ3n) is 3.96. The highest BCUT2D eigenvalue weighted by molar-refractivity contribution is 5.97. The number of carbonyl (C=O) groups excluding carboxylic acids is 2. The largest absolute Gasteiger partial charge is 0.354 e. The lowest BCUT2D eigenvalue weighted by molar-refractivity contribution is -0.122. The summed E-state index contributed by atoms with van der Waals surface area (Å²) in [6.45, 7) is 2.61. The number of nitrogens with zero attached hydrogens (tertiary/aromatic N) is 2. The maximum absolute atomic E-state index is 12.3.